The van der Waals surface area contributed by atoms with Gasteiger partial charge in [-0.25, -0.2) is 4.39 Å². The average Bonchev–Trinajstić information content (AvgIpc) is 2.36. The van der Waals surface area contributed by atoms with Gasteiger partial charge in [-0.15, -0.1) is 0 Å². The molecule has 5 heteroatoms. The molecule has 0 unspecified atom stereocenters. The van der Waals surface area contributed by atoms with Gasteiger partial charge in [0.25, 0.3) is 5.91 Å². The highest BCUT2D eigenvalue weighted by molar-refractivity contribution is 9.10. The Balaban J connectivity index is 2.30. The summed E-state index contributed by atoms with van der Waals surface area (Å²) >= 11 is 3.34. The number of halogens is 2. The van der Waals surface area contributed by atoms with Crippen LogP contribution < -0.4 is 11.1 Å². The predicted octanol–water partition coefficient (Wildman–Crippen LogP) is 3.73. The molecular weight excluding hydrogens is 311 g/mol. The lowest BCUT2D eigenvalue weighted by atomic mass is 10.1. The van der Waals surface area contributed by atoms with Crippen molar-refractivity contribution in [2.24, 2.45) is 0 Å². The molecule has 98 valence electrons. The molecular formula is C14H12BrFN2O. The van der Waals surface area contributed by atoms with Crippen LogP contribution in [0.1, 0.15) is 15.9 Å². The lowest BCUT2D eigenvalue weighted by Crippen LogP contribution is -2.14. The molecule has 0 saturated carbocycles. The fourth-order valence-electron chi connectivity index (χ4n) is 1.65. The molecule has 0 atom stereocenters. The van der Waals surface area contributed by atoms with E-state index in [4.69, 9.17) is 5.73 Å². The highest BCUT2D eigenvalue weighted by Gasteiger charge is 2.12. The number of carbonyl (C=O) groups is 1. The second-order valence-corrected chi connectivity index (χ2v) is 5.02. The van der Waals surface area contributed by atoms with Crippen molar-refractivity contribution in [3.05, 3.63) is 57.8 Å². The predicted molar refractivity (Wildman–Crippen MR) is 77.6 cm³/mol. The van der Waals surface area contributed by atoms with Crippen molar-refractivity contribution in [1.29, 1.82) is 0 Å². The fourth-order valence-corrected chi connectivity index (χ4v) is 2.00. The van der Waals surface area contributed by atoms with Gasteiger partial charge in [0.1, 0.15) is 5.82 Å². The van der Waals surface area contributed by atoms with Gasteiger partial charge in [-0.2, -0.15) is 0 Å². The summed E-state index contributed by atoms with van der Waals surface area (Å²) in [5.74, 6) is -0.939. The standard InChI is InChI=1S/C14H12BrFN2O/c1-8-2-4-11(15)13(6-8)18-14(19)10-7-9(16)3-5-12(10)17/h2-7H,17H2,1H3,(H,18,19). The molecule has 0 radical (unpaired) electrons. The van der Waals surface area contributed by atoms with Crippen molar-refractivity contribution in [2.75, 3.05) is 11.1 Å². The van der Waals surface area contributed by atoms with Crippen molar-refractivity contribution in [2.45, 2.75) is 6.92 Å². The number of nitrogens with two attached hydrogens (primary N) is 1. The molecule has 0 aliphatic rings. The summed E-state index contributed by atoms with van der Waals surface area (Å²) < 4.78 is 13.9. The zero-order valence-electron chi connectivity index (χ0n) is 10.2. The highest BCUT2D eigenvalue weighted by Crippen LogP contribution is 2.24. The van der Waals surface area contributed by atoms with Crippen molar-refractivity contribution in [1.82, 2.24) is 0 Å². The first-order valence-corrected chi connectivity index (χ1v) is 6.39. The number of amides is 1. The molecule has 0 bridgehead atoms. The van der Waals surface area contributed by atoms with Gasteiger partial charge in [-0.3, -0.25) is 4.79 Å². The molecule has 2 rings (SSSR count). The number of hydrogen-bond acceptors (Lipinski definition) is 2. The largest absolute Gasteiger partial charge is 0.398 e. The van der Waals surface area contributed by atoms with Crippen molar-refractivity contribution >= 4 is 33.2 Å². The summed E-state index contributed by atoms with van der Waals surface area (Å²) in [6, 6.07) is 9.27. The zero-order valence-corrected chi connectivity index (χ0v) is 11.8. The van der Waals surface area contributed by atoms with E-state index in [0.717, 1.165) is 16.1 Å². The third kappa shape index (κ3) is 3.12. The third-order valence-electron chi connectivity index (χ3n) is 2.63. The first kappa shape index (κ1) is 13.5. The summed E-state index contributed by atoms with van der Waals surface area (Å²) in [7, 11) is 0. The number of carbonyl (C=O) groups excluding carboxylic acids is 1. The van der Waals surface area contributed by atoms with Gasteiger partial charge in [0.15, 0.2) is 0 Å². The van der Waals surface area contributed by atoms with Crippen LogP contribution in [0.4, 0.5) is 15.8 Å². The van der Waals surface area contributed by atoms with E-state index in [2.05, 4.69) is 21.2 Å². The summed E-state index contributed by atoms with van der Waals surface area (Å²) in [6.45, 7) is 1.92. The van der Waals surface area contributed by atoms with Crippen LogP contribution in [0.2, 0.25) is 0 Å². The van der Waals surface area contributed by atoms with E-state index in [1.807, 2.05) is 25.1 Å². The molecule has 3 nitrogen and oxygen atoms in total. The summed E-state index contributed by atoms with van der Waals surface area (Å²) in [5.41, 5.74) is 7.65. The molecule has 1 amide bonds. The van der Waals surface area contributed by atoms with Gasteiger partial charge in [0, 0.05) is 10.2 Å². The Morgan fingerprint density at radius 2 is 2.00 bits per heavy atom. The monoisotopic (exact) mass is 322 g/mol. The van der Waals surface area contributed by atoms with Crippen LogP contribution in [-0.4, -0.2) is 5.91 Å². The first-order chi connectivity index (χ1) is 8.97. The Labute approximate surface area is 118 Å². The minimum Gasteiger partial charge on any atom is -0.398 e. The molecule has 0 aromatic heterocycles. The van der Waals surface area contributed by atoms with Crippen LogP contribution in [0.5, 0.6) is 0 Å². The second-order valence-electron chi connectivity index (χ2n) is 4.17. The Kier molecular flexibility index (Phi) is 3.85. The topological polar surface area (TPSA) is 55.1 Å². The Morgan fingerprint density at radius 3 is 2.74 bits per heavy atom. The molecule has 0 aliphatic heterocycles. The van der Waals surface area contributed by atoms with Crippen molar-refractivity contribution in [3.8, 4) is 0 Å². The van der Waals surface area contributed by atoms with E-state index in [1.165, 1.54) is 12.1 Å². The lowest BCUT2D eigenvalue weighted by molar-refractivity contribution is 0.102. The number of nitrogens with one attached hydrogen (secondary N) is 1. The number of anilines is 2. The Morgan fingerprint density at radius 1 is 1.26 bits per heavy atom. The number of benzene rings is 2. The molecule has 0 spiro atoms. The first-order valence-electron chi connectivity index (χ1n) is 5.60. The molecule has 3 N–H and O–H groups in total. The van der Waals surface area contributed by atoms with E-state index in [9.17, 15) is 9.18 Å². The summed E-state index contributed by atoms with van der Waals surface area (Å²) in [6.07, 6.45) is 0. The van der Waals surface area contributed by atoms with E-state index in [0.29, 0.717) is 5.69 Å². The number of hydrogen-bond donors (Lipinski definition) is 2. The summed E-state index contributed by atoms with van der Waals surface area (Å²) in [4.78, 5) is 12.1. The molecule has 19 heavy (non-hydrogen) atoms. The average molecular weight is 323 g/mol. The smallest absolute Gasteiger partial charge is 0.257 e. The van der Waals surface area contributed by atoms with Crippen molar-refractivity contribution in [3.63, 3.8) is 0 Å². The maximum absolute atomic E-state index is 13.1. The van der Waals surface area contributed by atoms with E-state index >= 15 is 0 Å². The Hall–Kier alpha value is -1.88. The number of nitrogen functional groups attached to an aromatic ring is 1. The van der Waals surface area contributed by atoms with Gasteiger partial charge in [0.2, 0.25) is 0 Å². The SMILES string of the molecule is Cc1ccc(Br)c(NC(=O)c2cc(F)ccc2N)c1. The Bertz CT molecular complexity index is 643. The second kappa shape index (κ2) is 5.40. The van der Waals surface area contributed by atoms with Crippen LogP contribution in [0.15, 0.2) is 40.9 Å². The minimum absolute atomic E-state index is 0.119. The molecule has 0 fully saturated rings. The van der Waals surface area contributed by atoms with Crippen LogP contribution in [-0.2, 0) is 0 Å². The molecule has 0 heterocycles. The zero-order chi connectivity index (χ0) is 14.0. The van der Waals surface area contributed by atoms with Gasteiger partial charge >= 0.3 is 0 Å². The third-order valence-corrected chi connectivity index (χ3v) is 3.32. The molecule has 2 aromatic carbocycles. The molecule has 0 saturated heterocycles. The molecule has 2 aromatic rings. The van der Waals surface area contributed by atoms with Gasteiger partial charge in [0.05, 0.1) is 11.3 Å². The maximum Gasteiger partial charge on any atom is 0.257 e. The van der Waals surface area contributed by atoms with Crippen LogP contribution >= 0.6 is 15.9 Å². The van der Waals surface area contributed by atoms with E-state index < -0.39 is 11.7 Å². The normalized spacial score (nSPS) is 10.3. The lowest BCUT2D eigenvalue weighted by Gasteiger charge is -2.10. The van der Waals surface area contributed by atoms with Crippen LogP contribution in [0.25, 0.3) is 0 Å². The van der Waals surface area contributed by atoms with E-state index in [1.54, 1.807) is 0 Å². The van der Waals surface area contributed by atoms with E-state index in [-0.39, 0.29) is 11.3 Å². The van der Waals surface area contributed by atoms with Gasteiger partial charge in [-0.05, 0) is 58.7 Å². The van der Waals surface area contributed by atoms with Crippen molar-refractivity contribution < 1.29 is 9.18 Å². The minimum atomic E-state index is -0.498. The van der Waals surface area contributed by atoms with Crippen LogP contribution in [0.3, 0.4) is 0 Å². The quantitative estimate of drug-likeness (QED) is 0.828. The number of aryl methyl sites for hydroxylation is 1. The fraction of sp³-hybridized carbons (Fsp3) is 0.0714. The molecule has 0 aliphatic carbocycles. The maximum atomic E-state index is 13.1. The van der Waals surface area contributed by atoms with Crippen LogP contribution in [0, 0.1) is 12.7 Å². The number of rotatable bonds is 2. The van der Waals surface area contributed by atoms with Gasteiger partial charge in [-0.1, -0.05) is 6.07 Å². The highest BCUT2D eigenvalue weighted by atomic mass is 79.9. The van der Waals surface area contributed by atoms with Gasteiger partial charge < -0.3 is 11.1 Å². The summed E-state index contributed by atoms with van der Waals surface area (Å²) in [5, 5.41) is 2.70.